The number of nitrogens with zero attached hydrogens (tertiary/aromatic N) is 5. The number of nitrogens with one attached hydrogen (secondary N) is 3. The van der Waals surface area contributed by atoms with Gasteiger partial charge in [-0.2, -0.15) is 5.10 Å². The third kappa shape index (κ3) is 4.87. The Hall–Kier alpha value is -3.80. The standard InChI is InChI=1S/C27H30N8O2S/c1-34(2)7-6-29-27(36)18-12-17(14-28-15-18)23-13-22-24(38-23)26(35-8-10-37-11-9-35)32-25(31-22)19-4-3-5-21-20(19)16-30-33-21/h3-5,12-14,16,28H,6-11,15H2,1-2H3,(H,29,36)(H,30,33). The number of anilines is 1. The molecule has 3 aromatic heterocycles. The number of H-pyrrole nitrogens is 1. The number of hydrogen-bond donors (Lipinski definition) is 3. The van der Waals surface area contributed by atoms with Crippen LogP contribution < -0.4 is 15.5 Å². The molecule has 0 radical (unpaired) electrons. The number of aromatic amines is 1. The molecule has 0 atom stereocenters. The first kappa shape index (κ1) is 24.5. The van der Waals surface area contributed by atoms with Crippen molar-refractivity contribution in [3.8, 4) is 11.4 Å². The van der Waals surface area contributed by atoms with Crippen LogP contribution in [0.25, 0.3) is 38.1 Å². The summed E-state index contributed by atoms with van der Waals surface area (Å²) < 4.78 is 6.64. The minimum absolute atomic E-state index is 0.0460. The lowest BCUT2D eigenvalue weighted by atomic mass is 10.1. The lowest BCUT2D eigenvalue weighted by Crippen LogP contribution is -2.36. The number of morpholine rings is 1. The van der Waals surface area contributed by atoms with Crippen molar-refractivity contribution < 1.29 is 9.53 Å². The van der Waals surface area contributed by atoms with E-state index in [4.69, 9.17) is 14.7 Å². The Balaban J connectivity index is 1.39. The number of hydrogen-bond acceptors (Lipinski definition) is 9. The summed E-state index contributed by atoms with van der Waals surface area (Å²) >= 11 is 1.65. The average molecular weight is 531 g/mol. The van der Waals surface area contributed by atoms with E-state index in [2.05, 4.69) is 31.8 Å². The van der Waals surface area contributed by atoms with Gasteiger partial charge in [0.25, 0.3) is 0 Å². The molecule has 4 aromatic rings. The van der Waals surface area contributed by atoms with Crippen LogP contribution in [0.2, 0.25) is 0 Å². The van der Waals surface area contributed by atoms with Gasteiger partial charge >= 0.3 is 0 Å². The van der Waals surface area contributed by atoms with Gasteiger partial charge in [0.15, 0.2) is 11.6 Å². The van der Waals surface area contributed by atoms with Gasteiger partial charge < -0.3 is 25.2 Å². The summed E-state index contributed by atoms with van der Waals surface area (Å²) in [5.74, 6) is 1.54. The van der Waals surface area contributed by atoms with E-state index in [9.17, 15) is 4.79 Å². The highest BCUT2D eigenvalue weighted by atomic mass is 32.1. The van der Waals surface area contributed by atoms with Crippen LogP contribution in [0, 0.1) is 0 Å². The molecule has 1 saturated heterocycles. The number of thiophene rings is 1. The molecular weight excluding hydrogens is 500 g/mol. The quantitative estimate of drug-likeness (QED) is 0.335. The average Bonchev–Trinajstić information content (AvgIpc) is 3.60. The minimum Gasteiger partial charge on any atom is -0.386 e. The van der Waals surface area contributed by atoms with Crippen LogP contribution in [0.4, 0.5) is 5.82 Å². The molecule has 3 N–H and O–H groups in total. The maximum atomic E-state index is 12.8. The number of rotatable bonds is 7. The molecule has 2 aliphatic rings. The van der Waals surface area contributed by atoms with E-state index < -0.39 is 0 Å². The van der Waals surface area contributed by atoms with Gasteiger partial charge in [0.1, 0.15) is 0 Å². The van der Waals surface area contributed by atoms with Crippen LogP contribution in [0.15, 0.2) is 48.3 Å². The zero-order valence-corrected chi connectivity index (χ0v) is 22.3. The van der Waals surface area contributed by atoms with Crippen molar-refractivity contribution in [3.05, 3.63) is 53.2 Å². The number of dihydropyridines is 1. The van der Waals surface area contributed by atoms with Crippen LogP contribution in [0.5, 0.6) is 0 Å². The van der Waals surface area contributed by atoms with E-state index in [1.165, 1.54) is 0 Å². The van der Waals surface area contributed by atoms with Gasteiger partial charge in [-0.05, 0) is 32.3 Å². The van der Waals surface area contributed by atoms with E-state index >= 15 is 0 Å². The van der Waals surface area contributed by atoms with Crippen LogP contribution in [-0.2, 0) is 9.53 Å². The molecule has 1 aromatic carbocycles. The van der Waals surface area contributed by atoms with Crippen LogP contribution in [0.3, 0.4) is 0 Å². The van der Waals surface area contributed by atoms with Crippen LogP contribution in [0.1, 0.15) is 4.88 Å². The predicted octanol–water partition coefficient (Wildman–Crippen LogP) is 2.62. The molecule has 10 nitrogen and oxygen atoms in total. The molecule has 0 aliphatic carbocycles. The summed E-state index contributed by atoms with van der Waals surface area (Å²) in [6.45, 7) is 4.78. The summed E-state index contributed by atoms with van der Waals surface area (Å²) in [6.07, 6.45) is 5.76. The fraction of sp³-hybridized carbons (Fsp3) is 0.333. The largest absolute Gasteiger partial charge is 0.386 e. The van der Waals surface area contributed by atoms with Gasteiger partial charge in [0.2, 0.25) is 5.91 Å². The summed E-state index contributed by atoms with van der Waals surface area (Å²) in [7, 11) is 3.98. The number of benzene rings is 1. The lowest BCUT2D eigenvalue weighted by Gasteiger charge is -2.28. The van der Waals surface area contributed by atoms with Crippen molar-refractivity contribution in [2.45, 2.75) is 0 Å². The number of ether oxygens (including phenoxy) is 1. The second kappa shape index (κ2) is 10.5. The maximum absolute atomic E-state index is 12.8. The summed E-state index contributed by atoms with van der Waals surface area (Å²) in [5, 5.41) is 14.5. The van der Waals surface area contributed by atoms with Crippen LogP contribution >= 0.6 is 11.3 Å². The maximum Gasteiger partial charge on any atom is 0.249 e. The number of likely N-dealkylation sites (N-methyl/N-ethyl adjacent to an activating group) is 1. The van der Waals surface area contributed by atoms with Gasteiger partial charge in [0.05, 0.1) is 35.1 Å². The van der Waals surface area contributed by atoms with Crippen molar-refractivity contribution in [3.63, 3.8) is 0 Å². The summed E-state index contributed by atoms with van der Waals surface area (Å²) in [6, 6.07) is 8.12. The number of amides is 1. The van der Waals surface area contributed by atoms with Crippen molar-refractivity contribution in [2.24, 2.45) is 0 Å². The highest BCUT2D eigenvalue weighted by Gasteiger charge is 2.22. The molecule has 0 spiro atoms. The fourth-order valence-electron chi connectivity index (χ4n) is 4.68. The van der Waals surface area contributed by atoms with E-state index in [0.717, 1.165) is 62.6 Å². The predicted molar refractivity (Wildman–Crippen MR) is 151 cm³/mol. The first-order chi connectivity index (χ1) is 18.6. The summed E-state index contributed by atoms with van der Waals surface area (Å²) in [5.41, 5.74) is 4.45. The number of carbonyl (C=O) groups excluding carboxylic acids is 1. The molecule has 196 valence electrons. The second-order valence-electron chi connectivity index (χ2n) is 9.64. The number of carbonyl (C=O) groups is 1. The number of fused-ring (bicyclic) bond motifs is 2. The van der Waals surface area contributed by atoms with E-state index in [-0.39, 0.29) is 5.91 Å². The minimum atomic E-state index is -0.0460. The second-order valence-corrected chi connectivity index (χ2v) is 10.7. The van der Waals surface area contributed by atoms with Crippen LogP contribution in [-0.4, -0.2) is 91.0 Å². The molecule has 1 fully saturated rings. The van der Waals surface area contributed by atoms with Gasteiger partial charge in [-0.3, -0.25) is 9.89 Å². The highest BCUT2D eigenvalue weighted by molar-refractivity contribution is 7.20. The molecule has 1 amide bonds. The SMILES string of the molecule is CN(C)CCNC(=O)C1=CC(c2cc3nc(-c4cccc5[nH]ncc45)nc(N4CCOCC4)c3s2)=CNC1. The Morgan fingerprint density at radius 3 is 2.95 bits per heavy atom. The van der Waals surface area contributed by atoms with Gasteiger partial charge in [-0.15, -0.1) is 11.3 Å². The number of aromatic nitrogens is 4. The molecule has 0 saturated carbocycles. The van der Waals surface area contributed by atoms with Crippen molar-refractivity contribution >= 4 is 49.8 Å². The molecule has 38 heavy (non-hydrogen) atoms. The molecule has 6 rings (SSSR count). The molecule has 2 aliphatic heterocycles. The lowest BCUT2D eigenvalue weighted by molar-refractivity contribution is -0.117. The van der Waals surface area contributed by atoms with E-state index in [0.29, 0.717) is 37.7 Å². The Labute approximate surface area is 224 Å². The Kier molecular flexibility index (Phi) is 6.79. The smallest absolute Gasteiger partial charge is 0.249 e. The Morgan fingerprint density at radius 2 is 2.11 bits per heavy atom. The summed E-state index contributed by atoms with van der Waals surface area (Å²) in [4.78, 5) is 28.2. The third-order valence-corrected chi connectivity index (χ3v) is 7.86. The normalized spacial score (nSPS) is 16.0. The van der Waals surface area contributed by atoms with Gasteiger partial charge in [-0.25, -0.2) is 9.97 Å². The first-order valence-electron chi connectivity index (χ1n) is 12.7. The molecule has 5 heterocycles. The third-order valence-electron chi connectivity index (χ3n) is 6.69. The van der Waals surface area contributed by atoms with Gasteiger partial charge in [-0.1, -0.05) is 12.1 Å². The Bertz CT molecular complexity index is 1550. The fourth-order valence-corrected chi connectivity index (χ4v) is 5.78. The zero-order chi connectivity index (χ0) is 26.1. The zero-order valence-electron chi connectivity index (χ0n) is 21.5. The highest BCUT2D eigenvalue weighted by Crippen LogP contribution is 2.38. The van der Waals surface area contributed by atoms with Crippen molar-refractivity contribution in [1.29, 1.82) is 0 Å². The Morgan fingerprint density at radius 1 is 1.24 bits per heavy atom. The first-order valence-corrected chi connectivity index (χ1v) is 13.5. The number of allylic oxidation sites excluding steroid dienone is 2. The topological polar surface area (TPSA) is 111 Å². The molecular formula is C27H30N8O2S. The van der Waals surface area contributed by atoms with Gasteiger partial charge in [0, 0.05) is 65.9 Å². The van der Waals surface area contributed by atoms with E-state index in [1.807, 2.05) is 55.7 Å². The molecule has 11 heteroatoms. The van der Waals surface area contributed by atoms with Crippen molar-refractivity contribution in [2.75, 3.05) is 64.9 Å². The van der Waals surface area contributed by atoms with E-state index in [1.54, 1.807) is 11.3 Å². The molecule has 0 bridgehead atoms. The van der Waals surface area contributed by atoms with Crippen molar-refractivity contribution in [1.82, 2.24) is 35.7 Å². The monoisotopic (exact) mass is 530 g/mol. The molecule has 0 unspecified atom stereocenters.